The van der Waals surface area contributed by atoms with Gasteiger partial charge in [0, 0.05) is 6.54 Å². The molecule has 0 aliphatic carbocycles. The molecule has 26 heavy (non-hydrogen) atoms. The average molecular weight is 386 g/mol. The molecule has 0 atom stereocenters. The third-order valence-corrected chi connectivity index (χ3v) is 5.30. The Balaban J connectivity index is 1.73. The lowest BCUT2D eigenvalue weighted by Gasteiger charge is -2.14. The third kappa shape index (κ3) is 4.26. The summed E-state index contributed by atoms with van der Waals surface area (Å²) in [5, 5.41) is 9.79. The highest BCUT2D eigenvalue weighted by Crippen LogP contribution is 2.34. The Morgan fingerprint density at radius 2 is 2.00 bits per heavy atom. The standard InChI is InChI=1S/C20H19NO3S2/c1-2-24-17-12-15(8-9-16(17)22)13-18-19(23)21(20(25)26-18)11-10-14-6-4-3-5-7-14/h3-9,12-13,22H,2,10-11H2,1H3/b18-13+. The van der Waals surface area contributed by atoms with E-state index in [0.29, 0.717) is 28.1 Å². The molecule has 6 heteroatoms. The van der Waals surface area contributed by atoms with Gasteiger partial charge in [0.25, 0.3) is 5.91 Å². The second-order valence-corrected chi connectivity index (χ2v) is 7.40. The lowest BCUT2D eigenvalue weighted by atomic mass is 10.1. The Morgan fingerprint density at radius 1 is 1.23 bits per heavy atom. The molecular formula is C20H19NO3S2. The number of rotatable bonds is 6. The van der Waals surface area contributed by atoms with Gasteiger partial charge in [-0.3, -0.25) is 9.69 Å². The largest absolute Gasteiger partial charge is 0.504 e. The maximum atomic E-state index is 12.7. The quantitative estimate of drug-likeness (QED) is 0.596. The first-order valence-electron chi connectivity index (χ1n) is 8.33. The molecule has 0 saturated carbocycles. The molecule has 2 aromatic carbocycles. The van der Waals surface area contributed by atoms with Gasteiger partial charge in [-0.1, -0.05) is 60.4 Å². The van der Waals surface area contributed by atoms with Crippen LogP contribution in [0.5, 0.6) is 11.5 Å². The first-order valence-corrected chi connectivity index (χ1v) is 9.56. The average Bonchev–Trinajstić information content (AvgIpc) is 2.90. The second-order valence-electron chi connectivity index (χ2n) is 5.73. The monoisotopic (exact) mass is 385 g/mol. The molecule has 0 aromatic heterocycles. The Labute approximate surface area is 162 Å². The number of phenols is 1. The number of nitrogens with zero attached hydrogens (tertiary/aromatic N) is 1. The SMILES string of the molecule is CCOc1cc(/C=C2/SC(=S)N(CCc3ccccc3)C2=O)ccc1O. The summed E-state index contributed by atoms with van der Waals surface area (Å²) in [6, 6.07) is 15.1. The summed E-state index contributed by atoms with van der Waals surface area (Å²) in [5.74, 6) is 0.405. The molecule has 2 aromatic rings. The molecule has 0 bridgehead atoms. The van der Waals surface area contributed by atoms with Crippen molar-refractivity contribution in [1.82, 2.24) is 4.90 Å². The predicted octanol–water partition coefficient (Wildman–Crippen LogP) is 4.23. The van der Waals surface area contributed by atoms with Crippen molar-refractivity contribution in [3.8, 4) is 11.5 Å². The minimum Gasteiger partial charge on any atom is -0.504 e. The summed E-state index contributed by atoms with van der Waals surface area (Å²) >= 11 is 6.68. The number of benzene rings is 2. The number of phenolic OH excluding ortho intramolecular Hbond substituents is 1. The zero-order valence-corrected chi connectivity index (χ0v) is 16.0. The second kappa shape index (κ2) is 8.38. The molecule has 1 amide bonds. The highest BCUT2D eigenvalue weighted by atomic mass is 32.2. The normalized spacial score (nSPS) is 15.7. The van der Waals surface area contributed by atoms with Crippen LogP contribution in [0.25, 0.3) is 6.08 Å². The van der Waals surface area contributed by atoms with E-state index in [9.17, 15) is 9.90 Å². The van der Waals surface area contributed by atoms with Gasteiger partial charge in [-0.05, 0) is 42.7 Å². The Kier molecular flexibility index (Phi) is 5.96. The van der Waals surface area contributed by atoms with Crippen LogP contribution in [0, 0.1) is 0 Å². The van der Waals surface area contributed by atoms with E-state index in [4.69, 9.17) is 17.0 Å². The Bertz CT molecular complexity index is 849. The minimum atomic E-state index is -0.0815. The first kappa shape index (κ1) is 18.5. The molecular weight excluding hydrogens is 366 g/mol. The van der Waals surface area contributed by atoms with E-state index < -0.39 is 0 Å². The van der Waals surface area contributed by atoms with E-state index in [1.807, 2.05) is 37.3 Å². The molecule has 3 rings (SSSR count). The Hall–Kier alpha value is -2.31. The lowest BCUT2D eigenvalue weighted by Crippen LogP contribution is -2.30. The van der Waals surface area contributed by atoms with E-state index in [1.54, 1.807) is 29.2 Å². The summed E-state index contributed by atoms with van der Waals surface area (Å²) in [6.45, 7) is 2.87. The van der Waals surface area contributed by atoms with Crippen LogP contribution in [0.1, 0.15) is 18.1 Å². The minimum absolute atomic E-state index is 0.0815. The highest BCUT2D eigenvalue weighted by molar-refractivity contribution is 8.26. The van der Waals surface area contributed by atoms with Crippen LogP contribution in [0.3, 0.4) is 0 Å². The summed E-state index contributed by atoms with van der Waals surface area (Å²) in [5.41, 5.74) is 1.96. The molecule has 0 unspecified atom stereocenters. The number of ether oxygens (including phenoxy) is 1. The Morgan fingerprint density at radius 3 is 2.73 bits per heavy atom. The van der Waals surface area contributed by atoms with Crippen LogP contribution in [0.4, 0.5) is 0 Å². The van der Waals surface area contributed by atoms with Crippen LogP contribution in [0.15, 0.2) is 53.4 Å². The van der Waals surface area contributed by atoms with Crippen molar-refractivity contribution >= 4 is 40.3 Å². The molecule has 4 nitrogen and oxygen atoms in total. The number of amides is 1. The molecule has 1 fully saturated rings. The molecule has 1 aliphatic rings. The van der Waals surface area contributed by atoms with E-state index in [-0.39, 0.29) is 11.7 Å². The van der Waals surface area contributed by atoms with Gasteiger partial charge in [0.05, 0.1) is 11.5 Å². The summed E-state index contributed by atoms with van der Waals surface area (Å²) < 4.78 is 5.96. The molecule has 1 N–H and O–H groups in total. The van der Waals surface area contributed by atoms with Crippen molar-refractivity contribution in [1.29, 1.82) is 0 Å². The van der Waals surface area contributed by atoms with E-state index >= 15 is 0 Å². The van der Waals surface area contributed by atoms with Gasteiger partial charge in [-0.25, -0.2) is 0 Å². The van der Waals surface area contributed by atoms with Crippen LogP contribution in [0.2, 0.25) is 0 Å². The van der Waals surface area contributed by atoms with Crippen molar-refractivity contribution in [3.63, 3.8) is 0 Å². The van der Waals surface area contributed by atoms with Crippen molar-refractivity contribution in [3.05, 3.63) is 64.6 Å². The fourth-order valence-electron chi connectivity index (χ4n) is 2.62. The van der Waals surface area contributed by atoms with Crippen LogP contribution in [-0.4, -0.2) is 33.4 Å². The van der Waals surface area contributed by atoms with Crippen molar-refractivity contribution in [2.24, 2.45) is 0 Å². The van der Waals surface area contributed by atoms with Gasteiger partial charge in [0.15, 0.2) is 11.5 Å². The van der Waals surface area contributed by atoms with Gasteiger partial charge < -0.3 is 9.84 Å². The van der Waals surface area contributed by atoms with Gasteiger partial charge >= 0.3 is 0 Å². The van der Waals surface area contributed by atoms with Gasteiger partial charge in [-0.2, -0.15) is 0 Å². The van der Waals surface area contributed by atoms with Crippen LogP contribution < -0.4 is 4.74 Å². The number of hydrogen-bond donors (Lipinski definition) is 1. The van der Waals surface area contributed by atoms with Crippen LogP contribution >= 0.6 is 24.0 Å². The summed E-state index contributed by atoms with van der Waals surface area (Å²) in [4.78, 5) is 14.9. The van der Waals surface area contributed by atoms with E-state index in [1.165, 1.54) is 17.3 Å². The fourth-order valence-corrected chi connectivity index (χ4v) is 3.93. The number of thioether (sulfide) groups is 1. The van der Waals surface area contributed by atoms with E-state index in [0.717, 1.165) is 12.0 Å². The lowest BCUT2D eigenvalue weighted by molar-refractivity contribution is -0.122. The van der Waals surface area contributed by atoms with Crippen LogP contribution in [-0.2, 0) is 11.2 Å². The number of thiocarbonyl (C=S) groups is 1. The maximum absolute atomic E-state index is 12.7. The van der Waals surface area contributed by atoms with Crippen molar-refractivity contribution in [2.45, 2.75) is 13.3 Å². The smallest absolute Gasteiger partial charge is 0.266 e. The first-order chi connectivity index (χ1) is 12.6. The third-order valence-electron chi connectivity index (χ3n) is 3.92. The molecule has 134 valence electrons. The molecule has 1 saturated heterocycles. The van der Waals surface area contributed by atoms with Gasteiger partial charge in [0.2, 0.25) is 0 Å². The zero-order valence-electron chi connectivity index (χ0n) is 14.3. The highest BCUT2D eigenvalue weighted by Gasteiger charge is 2.31. The summed E-state index contributed by atoms with van der Waals surface area (Å²) in [7, 11) is 0. The molecule has 1 heterocycles. The maximum Gasteiger partial charge on any atom is 0.266 e. The fraction of sp³-hybridized carbons (Fsp3) is 0.200. The predicted molar refractivity (Wildman–Crippen MR) is 109 cm³/mol. The zero-order chi connectivity index (χ0) is 18.5. The van der Waals surface area contributed by atoms with Gasteiger partial charge in [-0.15, -0.1) is 0 Å². The summed E-state index contributed by atoms with van der Waals surface area (Å²) in [6.07, 6.45) is 2.54. The van der Waals surface area contributed by atoms with Crippen molar-refractivity contribution < 1.29 is 14.6 Å². The molecule has 0 radical (unpaired) electrons. The topological polar surface area (TPSA) is 49.8 Å². The number of carbonyl (C=O) groups excluding carboxylic acids is 1. The van der Waals surface area contributed by atoms with Crippen molar-refractivity contribution in [2.75, 3.05) is 13.2 Å². The van der Waals surface area contributed by atoms with Gasteiger partial charge in [0.1, 0.15) is 4.32 Å². The number of aromatic hydroxyl groups is 1. The molecule has 0 spiro atoms. The molecule has 1 aliphatic heterocycles. The number of carbonyl (C=O) groups is 1. The van der Waals surface area contributed by atoms with E-state index in [2.05, 4.69) is 0 Å². The number of hydrogen-bond acceptors (Lipinski definition) is 5.